The Bertz CT molecular complexity index is 364. The van der Waals surface area contributed by atoms with Crippen molar-refractivity contribution in [1.82, 2.24) is 9.32 Å². The van der Waals surface area contributed by atoms with Gasteiger partial charge in [-0.15, -0.1) is 0 Å². The molecule has 0 amide bonds. The van der Waals surface area contributed by atoms with E-state index in [4.69, 9.17) is 22.0 Å². The number of carboxylic acids is 2. The molecule has 1 saturated heterocycles. The van der Waals surface area contributed by atoms with Crippen LogP contribution in [0.1, 0.15) is 40.5 Å². The third-order valence-electron chi connectivity index (χ3n) is 3.73. The topological polar surface area (TPSA) is 81.1 Å². The molecule has 0 aromatic rings. The molecule has 0 bridgehead atoms. The third-order valence-corrected chi connectivity index (χ3v) is 4.64. The molecule has 1 aliphatic rings. The van der Waals surface area contributed by atoms with Gasteiger partial charge in [0.1, 0.15) is 0 Å². The first-order valence-electron chi connectivity index (χ1n) is 6.59. The molecule has 0 spiro atoms. The number of carboxylic acid groups (broad SMARTS) is 2. The highest BCUT2D eigenvalue weighted by Gasteiger charge is 2.46. The second kappa shape index (κ2) is 5.87. The van der Waals surface area contributed by atoms with E-state index < -0.39 is 11.9 Å². The highest BCUT2D eigenvalue weighted by Crippen LogP contribution is 2.41. The van der Waals surface area contributed by atoms with E-state index in [9.17, 15) is 9.59 Å². The van der Waals surface area contributed by atoms with Crippen LogP contribution >= 0.6 is 11.8 Å². The van der Waals surface area contributed by atoms with Gasteiger partial charge in [-0.05, 0) is 52.3 Å². The summed E-state index contributed by atoms with van der Waals surface area (Å²) >= 11 is 6.36. The van der Waals surface area contributed by atoms with E-state index in [1.165, 1.54) is 4.90 Å². The lowest BCUT2D eigenvalue weighted by Crippen LogP contribution is -2.61. The molecule has 2 N–H and O–H groups in total. The molecule has 1 heterocycles. The van der Waals surface area contributed by atoms with Crippen molar-refractivity contribution < 1.29 is 19.8 Å². The molecule has 20 heavy (non-hydrogen) atoms. The molecular formula is C13H23ClN2O4. The molecule has 0 aromatic carbocycles. The Morgan fingerprint density at radius 1 is 1.10 bits per heavy atom. The summed E-state index contributed by atoms with van der Waals surface area (Å²) in [6, 6.07) is -0.123. The lowest BCUT2D eigenvalue weighted by molar-refractivity contribution is -0.144. The largest absolute Gasteiger partial charge is 0.480 e. The zero-order valence-electron chi connectivity index (χ0n) is 12.4. The quantitative estimate of drug-likeness (QED) is 0.752. The lowest BCUT2D eigenvalue weighted by Gasteiger charge is -2.53. The number of hydrogen-bond donors (Lipinski definition) is 2. The van der Waals surface area contributed by atoms with E-state index in [0.29, 0.717) is 12.8 Å². The number of piperidine rings is 1. The van der Waals surface area contributed by atoms with Gasteiger partial charge in [-0.2, -0.15) is 0 Å². The Morgan fingerprint density at radius 3 is 1.75 bits per heavy atom. The van der Waals surface area contributed by atoms with E-state index in [0.717, 1.165) is 0 Å². The summed E-state index contributed by atoms with van der Waals surface area (Å²) < 4.78 is 1.76. The molecule has 0 aliphatic carbocycles. The Morgan fingerprint density at radius 2 is 1.45 bits per heavy atom. The summed E-state index contributed by atoms with van der Waals surface area (Å²) in [6.07, 6.45) is 1.25. The lowest BCUT2D eigenvalue weighted by atomic mass is 9.79. The van der Waals surface area contributed by atoms with Crippen molar-refractivity contribution in [2.75, 3.05) is 13.1 Å². The molecule has 1 rings (SSSR count). The predicted octanol–water partition coefficient (Wildman–Crippen LogP) is 1.63. The van der Waals surface area contributed by atoms with Gasteiger partial charge in [0.2, 0.25) is 0 Å². The fraction of sp³-hybridized carbons (Fsp3) is 0.846. The molecule has 0 unspecified atom stereocenters. The maximum absolute atomic E-state index is 10.9. The Labute approximate surface area is 124 Å². The van der Waals surface area contributed by atoms with Gasteiger partial charge in [0, 0.05) is 17.1 Å². The minimum Gasteiger partial charge on any atom is -0.480 e. The van der Waals surface area contributed by atoms with Crippen molar-refractivity contribution in [3.8, 4) is 0 Å². The summed E-state index contributed by atoms with van der Waals surface area (Å²) in [4.78, 5) is 23.4. The Hall–Kier alpha value is -0.850. The maximum atomic E-state index is 10.9. The van der Waals surface area contributed by atoms with Crippen LogP contribution in [0.15, 0.2) is 0 Å². The molecular weight excluding hydrogens is 284 g/mol. The van der Waals surface area contributed by atoms with Crippen LogP contribution < -0.4 is 0 Å². The summed E-state index contributed by atoms with van der Waals surface area (Å²) in [5.41, 5.74) is -0.660. The number of hydrogen-bond acceptors (Lipinski definition) is 4. The van der Waals surface area contributed by atoms with Gasteiger partial charge in [0.15, 0.2) is 0 Å². The smallest absolute Gasteiger partial charge is 0.317 e. The minimum absolute atomic E-state index is 0.123. The van der Waals surface area contributed by atoms with E-state index in [1.807, 2.05) is 27.7 Å². The van der Waals surface area contributed by atoms with Crippen LogP contribution in [0.5, 0.6) is 0 Å². The Balaban J connectivity index is 2.96. The molecule has 0 radical (unpaired) electrons. The summed E-state index contributed by atoms with van der Waals surface area (Å²) in [5, 5.41) is 17.9. The fourth-order valence-electron chi connectivity index (χ4n) is 3.12. The molecule has 6 nitrogen and oxygen atoms in total. The maximum Gasteiger partial charge on any atom is 0.317 e. The SMILES string of the molecule is CC1(C)CC(N(CC(=O)O)CC(=O)O)CC(C)(C)N1Cl. The van der Waals surface area contributed by atoms with E-state index >= 15 is 0 Å². The van der Waals surface area contributed by atoms with Crippen molar-refractivity contribution in [2.45, 2.75) is 57.7 Å². The van der Waals surface area contributed by atoms with Crippen molar-refractivity contribution in [3.63, 3.8) is 0 Å². The molecule has 1 fully saturated rings. The zero-order valence-corrected chi connectivity index (χ0v) is 13.1. The standard InChI is InChI=1S/C13H23ClN2O4/c1-12(2)5-9(6-13(3,4)16(12)14)15(7-10(17)18)8-11(19)20/h9H,5-8H2,1-4H3,(H,17,18)(H,19,20). The van der Waals surface area contributed by atoms with Crippen LogP contribution in [-0.2, 0) is 9.59 Å². The van der Waals surface area contributed by atoms with Gasteiger partial charge in [0.05, 0.1) is 13.1 Å². The molecule has 0 saturated carbocycles. The van der Waals surface area contributed by atoms with Crippen LogP contribution in [0.2, 0.25) is 0 Å². The van der Waals surface area contributed by atoms with E-state index in [1.54, 1.807) is 4.42 Å². The van der Waals surface area contributed by atoms with Crippen molar-refractivity contribution in [3.05, 3.63) is 0 Å². The average molecular weight is 307 g/mol. The molecule has 0 aromatic heterocycles. The first-order valence-corrected chi connectivity index (χ1v) is 6.93. The fourth-order valence-corrected chi connectivity index (χ4v) is 3.26. The van der Waals surface area contributed by atoms with Crippen LogP contribution in [0.25, 0.3) is 0 Å². The van der Waals surface area contributed by atoms with Gasteiger partial charge < -0.3 is 10.2 Å². The monoisotopic (exact) mass is 306 g/mol. The molecule has 0 atom stereocenters. The van der Waals surface area contributed by atoms with Crippen LogP contribution in [0.3, 0.4) is 0 Å². The highest BCUT2D eigenvalue weighted by molar-refractivity contribution is 6.14. The average Bonchev–Trinajstić information content (AvgIpc) is 2.22. The van der Waals surface area contributed by atoms with E-state index in [-0.39, 0.29) is 30.2 Å². The van der Waals surface area contributed by atoms with Crippen molar-refractivity contribution >= 4 is 23.7 Å². The van der Waals surface area contributed by atoms with Crippen LogP contribution in [0, 0.1) is 0 Å². The van der Waals surface area contributed by atoms with Crippen LogP contribution in [-0.4, -0.2) is 61.7 Å². The number of carbonyl (C=O) groups is 2. The number of halogens is 1. The minimum atomic E-state index is -1.02. The second-order valence-electron chi connectivity index (χ2n) is 6.66. The van der Waals surface area contributed by atoms with Gasteiger partial charge in [0.25, 0.3) is 0 Å². The van der Waals surface area contributed by atoms with E-state index in [2.05, 4.69) is 0 Å². The van der Waals surface area contributed by atoms with Crippen molar-refractivity contribution in [2.24, 2.45) is 0 Å². The number of aliphatic carboxylic acids is 2. The summed E-state index contributed by atoms with van der Waals surface area (Å²) in [6.45, 7) is 7.37. The van der Waals surface area contributed by atoms with Crippen LogP contribution in [0.4, 0.5) is 0 Å². The number of nitrogens with zero attached hydrogens (tertiary/aromatic N) is 2. The summed E-state index contributed by atoms with van der Waals surface area (Å²) in [7, 11) is 0. The molecule has 116 valence electrons. The summed E-state index contributed by atoms with van der Waals surface area (Å²) in [5.74, 6) is -2.04. The highest BCUT2D eigenvalue weighted by atomic mass is 35.5. The normalized spacial score (nSPS) is 22.9. The van der Waals surface area contributed by atoms with Gasteiger partial charge >= 0.3 is 11.9 Å². The number of rotatable bonds is 5. The van der Waals surface area contributed by atoms with Gasteiger partial charge in [-0.1, -0.05) is 0 Å². The molecule has 7 heteroatoms. The predicted molar refractivity (Wildman–Crippen MR) is 75.7 cm³/mol. The first-order chi connectivity index (χ1) is 8.95. The van der Waals surface area contributed by atoms with Crippen molar-refractivity contribution in [1.29, 1.82) is 0 Å². The third kappa shape index (κ3) is 4.07. The molecule has 1 aliphatic heterocycles. The second-order valence-corrected chi connectivity index (χ2v) is 7.00. The van der Waals surface area contributed by atoms with Gasteiger partial charge in [-0.25, -0.2) is 4.42 Å². The van der Waals surface area contributed by atoms with Gasteiger partial charge in [-0.3, -0.25) is 14.5 Å². The zero-order chi connectivity index (χ0) is 15.7. The first kappa shape index (κ1) is 17.2. The Kier molecular flexibility index (Phi) is 5.05.